The third kappa shape index (κ3) is 1.25. The summed E-state index contributed by atoms with van der Waals surface area (Å²) in [7, 11) is 0. The maximum atomic E-state index is 4.17. The summed E-state index contributed by atoms with van der Waals surface area (Å²) in [6.07, 6.45) is 7.36. The molecule has 4 rings (SSSR count). The fraction of sp³-hybridized carbons (Fsp3) is 0.800. The zero-order valence-corrected chi connectivity index (χ0v) is 8.48. The predicted molar refractivity (Wildman–Crippen MR) is 52.7 cm³/mol. The van der Waals surface area contributed by atoms with E-state index in [4.69, 9.17) is 0 Å². The summed E-state index contributed by atoms with van der Waals surface area (Å²) in [6, 6.07) is 0.766. The molecular formula is C10H16N4. The molecule has 0 radical (unpaired) electrons. The molecule has 0 aromatic carbocycles. The van der Waals surface area contributed by atoms with Crippen molar-refractivity contribution in [3.8, 4) is 0 Å². The van der Waals surface area contributed by atoms with Gasteiger partial charge in [-0.15, -0.1) is 0 Å². The number of aromatic nitrogens is 3. The fourth-order valence-electron chi connectivity index (χ4n) is 3.20. The number of rotatable bonds is 2. The Bertz CT molecular complexity index is 313. The second kappa shape index (κ2) is 2.79. The first-order valence-electron chi connectivity index (χ1n) is 5.36. The Balaban J connectivity index is 1.73. The number of nitrogens with zero attached hydrogens (tertiary/aromatic N) is 3. The van der Waals surface area contributed by atoms with Crippen LogP contribution in [-0.2, 0) is 6.54 Å². The Hall–Kier alpha value is -0.900. The smallest absolute Gasteiger partial charge is 0.137 e. The third-order valence-electron chi connectivity index (χ3n) is 3.50. The van der Waals surface area contributed by atoms with Crippen molar-refractivity contribution < 1.29 is 0 Å². The highest BCUT2D eigenvalue weighted by Gasteiger charge is 2.49. The van der Waals surface area contributed by atoms with Crippen LogP contribution in [0.2, 0.25) is 0 Å². The first-order valence-corrected chi connectivity index (χ1v) is 5.36. The van der Waals surface area contributed by atoms with Gasteiger partial charge in [0, 0.05) is 11.6 Å². The van der Waals surface area contributed by atoms with E-state index in [1.54, 1.807) is 6.33 Å². The Morgan fingerprint density at radius 3 is 3.07 bits per heavy atom. The van der Waals surface area contributed by atoms with Crippen LogP contribution in [0.1, 0.15) is 26.2 Å². The molecule has 0 spiro atoms. The average molecular weight is 192 g/mol. The van der Waals surface area contributed by atoms with Crippen molar-refractivity contribution in [2.24, 2.45) is 5.92 Å². The Labute approximate surface area is 83.7 Å². The average Bonchev–Trinajstić information content (AvgIpc) is 2.53. The van der Waals surface area contributed by atoms with Crippen molar-refractivity contribution in [2.75, 3.05) is 0 Å². The summed E-state index contributed by atoms with van der Waals surface area (Å²) < 4.78 is 1.95. The van der Waals surface area contributed by atoms with Gasteiger partial charge in [0.2, 0.25) is 0 Å². The monoisotopic (exact) mass is 192 g/mol. The minimum atomic E-state index is 0.329. The van der Waals surface area contributed by atoms with Crippen molar-refractivity contribution in [1.29, 1.82) is 0 Å². The number of fused-ring (bicyclic) bond motifs is 2. The van der Waals surface area contributed by atoms with E-state index >= 15 is 0 Å². The molecule has 3 fully saturated rings. The number of piperidine rings is 1. The van der Waals surface area contributed by atoms with Crippen LogP contribution in [0.25, 0.3) is 0 Å². The molecule has 1 aliphatic carbocycles. The largest absolute Gasteiger partial charge is 0.307 e. The van der Waals surface area contributed by atoms with Gasteiger partial charge in [-0.1, -0.05) is 6.92 Å². The maximum Gasteiger partial charge on any atom is 0.137 e. The standard InChI is InChI=1S/C10H16N4/c1-8-2-9-4-10(3-8,13-9)5-14-7-11-6-12-14/h6-9,13H,2-5H2,1H3/t8-,9-,10?/m1/s1. The van der Waals surface area contributed by atoms with Gasteiger partial charge in [0.15, 0.2) is 0 Å². The van der Waals surface area contributed by atoms with Crippen molar-refractivity contribution in [2.45, 2.75) is 44.3 Å². The summed E-state index contributed by atoms with van der Waals surface area (Å²) in [4.78, 5) is 3.98. The van der Waals surface area contributed by atoms with Gasteiger partial charge in [-0.2, -0.15) is 5.10 Å². The van der Waals surface area contributed by atoms with Crippen molar-refractivity contribution >= 4 is 0 Å². The lowest BCUT2D eigenvalue weighted by Crippen LogP contribution is -2.69. The summed E-state index contributed by atoms with van der Waals surface area (Å²) in [5.74, 6) is 0.860. The lowest BCUT2D eigenvalue weighted by Gasteiger charge is -2.56. The van der Waals surface area contributed by atoms with Crippen LogP contribution >= 0.6 is 0 Å². The zero-order valence-electron chi connectivity index (χ0n) is 8.48. The van der Waals surface area contributed by atoms with E-state index in [2.05, 4.69) is 22.3 Å². The lowest BCUT2D eigenvalue weighted by atomic mass is 9.66. The minimum Gasteiger partial charge on any atom is -0.307 e. The molecule has 3 aliphatic rings. The van der Waals surface area contributed by atoms with E-state index < -0.39 is 0 Å². The van der Waals surface area contributed by atoms with Crippen LogP contribution in [-0.4, -0.2) is 26.3 Å². The topological polar surface area (TPSA) is 42.7 Å². The summed E-state index contributed by atoms with van der Waals surface area (Å²) in [6.45, 7) is 3.33. The van der Waals surface area contributed by atoms with Crippen LogP contribution in [0, 0.1) is 5.92 Å². The van der Waals surface area contributed by atoms with Crippen LogP contribution in [0.3, 0.4) is 0 Å². The number of hydrogen-bond donors (Lipinski definition) is 1. The minimum absolute atomic E-state index is 0.329. The van der Waals surface area contributed by atoms with Crippen molar-refractivity contribution in [1.82, 2.24) is 20.1 Å². The van der Waals surface area contributed by atoms with E-state index in [-0.39, 0.29) is 0 Å². The van der Waals surface area contributed by atoms with Crippen molar-refractivity contribution in [3.63, 3.8) is 0 Å². The Kier molecular flexibility index (Phi) is 1.68. The van der Waals surface area contributed by atoms with Gasteiger partial charge in [0.1, 0.15) is 12.7 Å². The van der Waals surface area contributed by atoms with Crippen LogP contribution < -0.4 is 5.32 Å². The molecule has 14 heavy (non-hydrogen) atoms. The molecule has 1 aromatic rings. The van der Waals surface area contributed by atoms with Gasteiger partial charge in [-0.25, -0.2) is 4.98 Å². The van der Waals surface area contributed by atoms with Gasteiger partial charge >= 0.3 is 0 Å². The second-order valence-electron chi connectivity index (χ2n) is 4.96. The molecule has 1 saturated carbocycles. The van der Waals surface area contributed by atoms with Crippen LogP contribution in [0.5, 0.6) is 0 Å². The molecule has 2 saturated heterocycles. The fourth-order valence-corrected chi connectivity index (χ4v) is 3.20. The zero-order chi connectivity index (χ0) is 9.60. The van der Waals surface area contributed by atoms with E-state index in [9.17, 15) is 0 Å². The Morgan fingerprint density at radius 2 is 2.43 bits per heavy atom. The van der Waals surface area contributed by atoms with E-state index in [0.717, 1.165) is 18.5 Å². The summed E-state index contributed by atoms with van der Waals surface area (Å²) >= 11 is 0. The summed E-state index contributed by atoms with van der Waals surface area (Å²) in [5, 5.41) is 7.84. The van der Waals surface area contributed by atoms with E-state index in [1.165, 1.54) is 19.3 Å². The van der Waals surface area contributed by atoms with Crippen LogP contribution in [0.4, 0.5) is 0 Å². The number of hydrogen-bond acceptors (Lipinski definition) is 3. The molecule has 76 valence electrons. The normalized spacial score (nSPS) is 40.6. The van der Waals surface area contributed by atoms with Gasteiger partial charge < -0.3 is 5.32 Å². The molecule has 0 amide bonds. The first-order chi connectivity index (χ1) is 6.76. The second-order valence-corrected chi connectivity index (χ2v) is 4.96. The predicted octanol–water partition coefficient (Wildman–Crippen LogP) is 0.809. The quantitative estimate of drug-likeness (QED) is 0.754. The highest BCUT2D eigenvalue weighted by molar-refractivity contribution is 5.08. The van der Waals surface area contributed by atoms with Gasteiger partial charge in [0.05, 0.1) is 6.54 Å². The van der Waals surface area contributed by atoms with Crippen LogP contribution in [0.15, 0.2) is 12.7 Å². The van der Waals surface area contributed by atoms with E-state index in [0.29, 0.717) is 5.54 Å². The molecule has 4 heteroatoms. The molecule has 2 aliphatic heterocycles. The number of nitrogens with one attached hydrogen (secondary N) is 1. The molecule has 3 heterocycles. The molecule has 1 unspecified atom stereocenters. The summed E-state index contributed by atoms with van der Waals surface area (Å²) in [5.41, 5.74) is 0.329. The molecule has 3 atom stereocenters. The third-order valence-corrected chi connectivity index (χ3v) is 3.50. The highest BCUT2D eigenvalue weighted by atomic mass is 15.3. The van der Waals surface area contributed by atoms with E-state index in [1.807, 2.05) is 11.0 Å². The molecule has 2 bridgehead atoms. The first kappa shape index (κ1) is 8.41. The van der Waals surface area contributed by atoms with Gasteiger partial charge in [-0.05, 0) is 25.2 Å². The SMILES string of the molecule is C[C@@H]1C[C@@H]2CC(Cn3cncn3)(C1)N2. The lowest BCUT2D eigenvalue weighted by molar-refractivity contribution is 0.0217. The maximum absolute atomic E-state index is 4.17. The Morgan fingerprint density at radius 1 is 1.57 bits per heavy atom. The highest BCUT2D eigenvalue weighted by Crippen LogP contribution is 2.41. The van der Waals surface area contributed by atoms with Gasteiger partial charge in [-0.3, -0.25) is 4.68 Å². The molecule has 1 aromatic heterocycles. The molecule has 4 nitrogen and oxygen atoms in total. The molecular weight excluding hydrogens is 176 g/mol. The van der Waals surface area contributed by atoms with Crippen molar-refractivity contribution in [3.05, 3.63) is 12.7 Å². The molecule has 1 N–H and O–H groups in total. The van der Waals surface area contributed by atoms with Gasteiger partial charge in [0.25, 0.3) is 0 Å².